The van der Waals surface area contributed by atoms with E-state index in [0.717, 1.165) is 16.5 Å². The Bertz CT molecular complexity index is 1120. The zero-order valence-electron chi connectivity index (χ0n) is 18.9. The van der Waals surface area contributed by atoms with Gasteiger partial charge in [-0.15, -0.1) is 0 Å². The first-order valence-corrected chi connectivity index (χ1v) is 11.1. The predicted molar refractivity (Wildman–Crippen MR) is 127 cm³/mol. The van der Waals surface area contributed by atoms with Gasteiger partial charge < -0.3 is 26.0 Å². The molecule has 0 saturated carbocycles. The van der Waals surface area contributed by atoms with Crippen LogP contribution in [-0.4, -0.2) is 46.9 Å². The SMILES string of the molecule is CC(C)C(=O)NC(Cc1c[nH]c2ccccc12)C(=O)NCCCNC(=O)c1cccc(O)c1. The molecule has 0 spiro atoms. The molecule has 2 aromatic carbocycles. The number of phenols is 1. The number of fused-ring (bicyclic) bond motifs is 1. The van der Waals surface area contributed by atoms with E-state index in [9.17, 15) is 19.5 Å². The van der Waals surface area contributed by atoms with Crippen LogP contribution in [-0.2, 0) is 16.0 Å². The number of hydrogen-bond donors (Lipinski definition) is 5. The van der Waals surface area contributed by atoms with Crippen molar-refractivity contribution in [2.45, 2.75) is 32.7 Å². The van der Waals surface area contributed by atoms with Crippen LogP contribution >= 0.6 is 0 Å². The van der Waals surface area contributed by atoms with Gasteiger partial charge in [0.05, 0.1) is 0 Å². The van der Waals surface area contributed by atoms with E-state index in [4.69, 9.17) is 0 Å². The quantitative estimate of drug-likeness (QED) is 0.305. The maximum atomic E-state index is 12.9. The summed E-state index contributed by atoms with van der Waals surface area (Å²) < 4.78 is 0. The monoisotopic (exact) mass is 450 g/mol. The molecule has 0 saturated heterocycles. The fourth-order valence-electron chi connectivity index (χ4n) is 3.44. The summed E-state index contributed by atoms with van der Waals surface area (Å²) in [6.45, 7) is 4.28. The molecule has 33 heavy (non-hydrogen) atoms. The lowest BCUT2D eigenvalue weighted by Gasteiger charge is -2.19. The van der Waals surface area contributed by atoms with E-state index in [1.165, 1.54) is 12.1 Å². The average molecular weight is 451 g/mol. The summed E-state index contributed by atoms with van der Waals surface area (Å²) >= 11 is 0. The number of carbonyl (C=O) groups is 3. The van der Waals surface area contributed by atoms with Crippen LogP contribution in [0.3, 0.4) is 0 Å². The molecule has 1 unspecified atom stereocenters. The van der Waals surface area contributed by atoms with E-state index in [0.29, 0.717) is 31.5 Å². The molecular formula is C25H30N4O4. The second-order valence-corrected chi connectivity index (χ2v) is 8.23. The number of aromatic hydroxyl groups is 1. The number of carbonyl (C=O) groups excluding carboxylic acids is 3. The maximum Gasteiger partial charge on any atom is 0.251 e. The lowest BCUT2D eigenvalue weighted by molar-refractivity contribution is -0.130. The van der Waals surface area contributed by atoms with Gasteiger partial charge in [-0.1, -0.05) is 38.1 Å². The summed E-state index contributed by atoms with van der Waals surface area (Å²) in [6.07, 6.45) is 2.75. The number of H-pyrrole nitrogens is 1. The highest BCUT2D eigenvalue weighted by molar-refractivity contribution is 5.94. The third kappa shape index (κ3) is 6.58. The van der Waals surface area contributed by atoms with Gasteiger partial charge in [0.15, 0.2) is 0 Å². The number of amides is 3. The van der Waals surface area contributed by atoms with Crippen LogP contribution in [0.5, 0.6) is 5.75 Å². The first-order valence-electron chi connectivity index (χ1n) is 11.1. The molecule has 5 N–H and O–H groups in total. The number of aromatic amines is 1. The van der Waals surface area contributed by atoms with Crippen LogP contribution in [0.2, 0.25) is 0 Å². The highest BCUT2D eigenvalue weighted by Crippen LogP contribution is 2.19. The molecule has 1 heterocycles. The number of phenolic OH excluding ortho intramolecular Hbond substituents is 1. The molecule has 3 amide bonds. The zero-order valence-corrected chi connectivity index (χ0v) is 18.9. The summed E-state index contributed by atoms with van der Waals surface area (Å²) in [5.41, 5.74) is 2.30. The number of nitrogens with one attached hydrogen (secondary N) is 4. The Kier molecular flexibility index (Phi) is 8.07. The molecule has 0 aliphatic heterocycles. The zero-order chi connectivity index (χ0) is 23.8. The number of para-hydroxylation sites is 1. The summed E-state index contributed by atoms with van der Waals surface area (Å²) in [7, 11) is 0. The fraction of sp³-hybridized carbons (Fsp3) is 0.320. The average Bonchev–Trinajstić information content (AvgIpc) is 3.20. The van der Waals surface area contributed by atoms with Crippen molar-refractivity contribution >= 4 is 28.6 Å². The van der Waals surface area contributed by atoms with Gasteiger partial charge in [0.1, 0.15) is 11.8 Å². The minimum Gasteiger partial charge on any atom is -0.508 e. The lowest BCUT2D eigenvalue weighted by atomic mass is 10.0. The van der Waals surface area contributed by atoms with Gasteiger partial charge in [0.2, 0.25) is 11.8 Å². The Morgan fingerprint density at radius 3 is 2.48 bits per heavy atom. The van der Waals surface area contributed by atoms with Gasteiger partial charge in [-0.25, -0.2) is 0 Å². The molecule has 174 valence electrons. The van der Waals surface area contributed by atoms with Gasteiger partial charge in [0, 0.05) is 48.1 Å². The first kappa shape index (κ1) is 23.8. The van der Waals surface area contributed by atoms with E-state index >= 15 is 0 Å². The highest BCUT2D eigenvalue weighted by Gasteiger charge is 2.23. The van der Waals surface area contributed by atoms with Crippen molar-refractivity contribution in [3.05, 3.63) is 65.9 Å². The van der Waals surface area contributed by atoms with Gasteiger partial charge in [-0.05, 0) is 36.2 Å². The van der Waals surface area contributed by atoms with Gasteiger partial charge in [-0.3, -0.25) is 14.4 Å². The molecule has 3 rings (SSSR count). The standard InChI is InChI=1S/C25H30N4O4/c1-16(2)23(31)29-22(14-18-15-28-21-10-4-3-9-20(18)21)25(33)27-12-6-11-26-24(32)17-7-5-8-19(30)13-17/h3-5,7-10,13,15-16,22,28,30H,6,11-12,14H2,1-2H3,(H,26,32)(H,27,33)(H,29,31). The van der Waals surface area contributed by atoms with Crippen LogP contribution in [0.1, 0.15) is 36.2 Å². The summed E-state index contributed by atoms with van der Waals surface area (Å²) in [4.78, 5) is 40.5. The molecule has 8 nitrogen and oxygen atoms in total. The molecule has 0 aliphatic rings. The Balaban J connectivity index is 1.53. The smallest absolute Gasteiger partial charge is 0.251 e. The Morgan fingerprint density at radius 2 is 1.73 bits per heavy atom. The Labute approximate surface area is 192 Å². The number of benzene rings is 2. The number of hydrogen-bond acceptors (Lipinski definition) is 4. The maximum absolute atomic E-state index is 12.9. The van der Waals surface area contributed by atoms with Crippen molar-refractivity contribution in [2.24, 2.45) is 5.92 Å². The fourth-order valence-corrected chi connectivity index (χ4v) is 3.44. The van der Waals surface area contributed by atoms with Crippen molar-refractivity contribution in [3.63, 3.8) is 0 Å². The Morgan fingerprint density at radius 1 is 0.970 bits per heavy atom. The van der Waals surface area contributed by atoms with Crippen molar-refractivity contribution < 1.29 is 19.5 Å². The molecule has 0 fully saturated rings. The van der Waals surface area contributed by atoms with Crippen LogP contribution < -0.4 is 16.0 Å². The van der Waals surface area contributed by atoms with E-state index in [-0.39, 0.29) is 29.4 Å². The third-order valence-corrected chi connectivity index (χ3v) is 5.30. The summed E-state index contributed by atoms with van der Waals surface area (Å²) in [5.74, 6) is -0.962. The van der Waals surface area contributed by atoms with Crippen molar-refractivity contribution in [1.29, 1.82) is 0 Å². The topological polar surface area (TPSA) is 123 Å². The van der Waals surface area contributed by atoms with Crippen LogP contribution in [0, 0.1) is 5.92 Å². The largest absolute Gasteiger partial charge is 0.508 e. The van der Waals surface area contributed by atoms with Crippen LogP contribution in [0.15, 0.2) is 54.7 Å². The van der Waals surface area contributed by atoms with Gasteiger partial charge >= 0.3 is 0 Å². The Hall–Kier alpha value is -3.81. The summed E-state index contributed by atoms with van der Waals surface area (Å²) in [6, 6.07) is 13.2. The third-order valence-electron chi connectivity index (χ3n) is 5.30. The minimum atomic E-state index is -0.707. The molecule has 3 aromatic rings. The van der Waals surface area contributed by atoms with E-state index < -0.39 is 6.04 Å². The van der Waals surface area contributed by atoms with Crippen LogP contribution in [0.25, 0.3) is 10.9 Å². The van der Waals surface area contributed by atoms with E-state index in [1.807, 2.05) is 30.5 Å². The van der Waals surface area contributed by atoms with Crippen molar-refractivity contribution in [1.82, 2.24) is 20.9 Å². The second-order valence-electron chi connectivity index (χ2n) is 8.23. The van der Waals surface area contributed by atoms with Gasteiger partial charge in [0.25, 0.3) is 5.91 Å². The first-order chi connectivity index (χ1) is 15.8. The molecule has 8 heteroatoms. The molecule has 0 bridgehead atoms. The molecule has 1 atom stereocenters. The lowest BCUT2D eigenvalue weighted by Crippen LogP contribution is -2.49. The van der Waals surface area contributed by atoms with Crippen molar-refractivity contribution in [3.8, 4) is 5.75 Å². The number of aromatic nitrogens is 1. The highest BCUT2D eigenvalue weighted by atomic mass is 16.3. The summed E-state index contributed by atoms with van der Waals surface area (Å²) in [5, 5.41) is 18.9. The predicted octanol–water partition coefficient (Wildman–Crippen LogP) is 2.49. The molecule has 0 aliphatic carbocycles. The number of rotatable bonds is 10. The normalized spacial score (nSPS) is 11.8. The van der Waals surface area contributed by atoms with Crippen molar-refractivity contribution in [2.75, 3.05) is 13.1 Å². The van der Waals surface area contributed by atoms with Crippen LogP contribution in [0.4, 0.5) is 0 Å². The van der Waals surface area contributed by atoms with Gasteiger partial charge in [-0.2, -0.15) is 0 Å². The molecule has 1 aromatic heterocycles. The molecule has 0 radical (unpaired) electrons. The second kappa shape index (κ2) is 11.2. The van der Waals surface area contributed by atoms with E-state index in [1.54, 1.807) is 26.0 Å². The minimum absolute atomic E-state index is 0.0274. The molecular weight excluding hydrogens is 420 g/mol. The van der Waals surface area contributed by atoms with E-state index in [2.05, 4.69) is 20.9 Å².